The molecule has 0 heterocycles. The first kappa shape index (κ1) is 16.2. The van der Waals surface area contributed by atoms with Crippen LogP contribution in [0.2, 0.25) is 0 Å². The van der Waals surface area contributed by atoms with E-state index in [2.05, 4.69) is 5.32 Å². The fraction of sp³-hybridized carbons (Fsp3) is 0.467. The number of carbonyl (C=O) groups excluding carboxylic acids is 2. The number of hydrogen-bond donors (Lipinski definition) is 2. The Morgan fingerprint density at radius 1 is 1.35 bits per heavy atom. The maximum Gasteiger partial charge on any atom is 0.258 e. The first-order valence-electron chi connectivity index (χ1n) is 6.65. The quantitative estimate of drug-likeness (QED) is 0.786. The maximum absolute atomic E-state index is 11.8. The standard InChI is InChI=1S/C15H22N2O3/c1-10(2)15(11(3)18)17-14(19)9-20-13-6-4-5-12(7-13)8-16/h4-7,10,15H,8-9,16H2,1-3H3,(H,17,19). The van der Waals surface area contributed by atoms with Crippen molar-refractivity contribution in [1.29, 1.82) is 0 Å². The summed E-state index contributed by atoms with van der Waals surface area (Å²) in [5.74, 6) is 0.277. The van der Waals surface area contributed by atoms with Gasteiger partial charge in [-0.05, 0) is 30.5 Å². The molecule has 0 aliphatic rings. The Hall–Kier alpha value is -1.88. The number of rotatable bonds is 7. The fourth-order valence-corrected chi connectivity index (χ4v) is 1.86. The van der Waals surface area contributed by atoms with Crippen LogP contribution >= 0.6 is 0 Å². The lowest BCUT2D eigenvalue weighted by molar-refractivity contribution is -0.129. The molecule has 1 amide bonds. The average Bonchev–Trinajstić information content (AvgIpc) is 2.42. The molecule has 0 spiro atoms. The third-order valence-corrected chi connectivity index (χ3v) is 2.93. The van der Waals surface area contributed by atoms with Crippen LogP contribution in [-0.4, -0.2) is 24.3 Å². The molecule has 0 aliphatic carbocycles. The third kappa shape index (κ3) is 5.01. The molecule has 0 saturated heterocycles. The van der Waals surface area contributed by atoms with E-state index in [-0.39, 0.29) is 24.2 Å². The molecular weight excluding hydrogens is 256 g/mol. The predicted octanol–water partition coefficient (Wildman–Crippen LogP) is 1.25. The third-order valence-electron chi connectivity index (χ3n) is 2.93. The smallest absolute Gasteiger partial charge is 0.258 e. The van der Waals surface area contributed by atoms with Crippen LogP contribution in [0.4, 0.5) is 0 Å². The van der Waals surface area contributed by atoms with Gasteiger partial charge in [0, 0.05) is 6.54 Å². The average molecular weight is 278 g/mol. The Kier molecular flexibility index (Phi) is 6.18. The zero-order valence-electron chi connectivity index (χ0n) is 12.2. The van der Waals surface area contributed by atoms with E-state index in [4.69, 9.17) is 10.5 Å². The number of carbonyl (C=O) groups is 2. The summed E-state index contributed by atoms with van der Waals surface area (Å²) in [6.07, 6.45) is 0. The molecule has 1 rings (SSSR count). The predicted molar refractivity (Wildman–Crippen MR) is 77.3 cm³/mol. The van der Waals surface area contributed by atoms with E-state index in [0.29, 0.717) is 12.3 Å². The minimum atomic E-state index is -0.471. The summed E-state index contributed by atoms with van der Waals surface area (Å²) in [6, 6.07) is 6.79. The van der Waals surface area contributed by atoms with Crippen molar-refractivity contribution in [2.45, 2.75) is 33.4 Å². The van der Waals surface area contributed by atoms with Crippen LogP contribution in [0.5, 0.6) is 5.75 Å². The summed E-state index contributed by atoms with van der Waals surface area (Å²) in [7, 11) is 0. The van der Waals surface area contributed by atoms with Gasteiger partial charge in [-0.2, -0.15) is 0 Å². The van der Waals surface area contributed by atoms with Gasteiger partial charge in [0.2, 0.25) is 0 Å². The number of benzene rings is 1. The van der Waals surface area contributed by atoms with E-state index in [0.717, 1.165) is 5.56 Å². The molecule has 20 heavy (non-hydrogen) atoms. The molecule has 0 radical (unpaired) electrons. The van der Waals surface area contributed by atoms with Crippen LogP contribution in [0.25, 0.3) is 0 Å². The molecule has 1 unspecified atom stereocenters. The largest absolute Gasteiger partial charge is 0.484 e. The van der Waals surface area contributed by atoms with Gasteiger partial charge in [-0.15, -0.1) is 0 Å². The summed E-state index contributed by atoms with van der Waals surface area (Å²) in [4.78, 5) is 23.2. The molecular formula is C15H22N2O3. The Balaban J connectivity index is 2.52. The first-order valence-corrected chi connectivity index (χ1v) is 6.65. The van der Waals surface area contributed by atoms with Gasteiger partial charge in [-0.1, -0.05) is 26.0 Å². The van der Waals surface area contributed by atoms with Gasteiger partial charge in [0.1, 0.15) is 5.75 Å². The lowest BCUT2D eigenvalue weighted by Gasteiger charge is -2.19. The molecule has 1 aromatic rings. The second-order valence-electron chi connectivity index (χ2n) is 5.04. The first-order chi connectivity index (χ1) is 9.43. The summed E-state index contributed by atoms with van der Waals surface area (Å²) >= 11 is 0. The Morgan fingerprint density at radius 3 is 2.60 bits per heavy atom. The van der Waals surface area contributed by atoms with E-state index < -0.39 is 6.04 Å². The number of nitrogens with two attached hydrogens (primary N) is 1. The summed E-state index contributed by atoms with van der Waals surface area (Å²) in [5, 5.41) is 2.68. The minimum absolute atomic E-state index is 0.0528. The second-order valence-corrected chi connectivity index (χ2v) is 5.04. The zero-order chi connectivity index (χ0) is 15.1. The molecule has 0 saturated carbocycles. The maximum atomic E-state index is 11.8. The van der Waals surface area contributed by atoms with Crippen LogP contribution in [-0.2, 0) is 16.1 Å². The van der Waals surface area contributed by atoms with Crippen LogP contribution in [0.15, 0.2) is 24.3 Å². The van der Waals surface area contributed by atoms with Gasteiger partial charge < -0.3 is 15.8 Å². The van der Waals surface area contributed by atoms with Crippen molar-refractivity contribution < 1.29 is 14.3 Å². The molecule has 0 fully saturated rings. The Labute approximate surface area is 119 Å². The van der Waals surface area contributed by atoms with Gasteiger partial charge in [0.25, 0.3) is 5.91 Å². The molecule has 0 aromatic heterocycles. The van der Waals surface area contributed by atoms with Crippen molar-refractivity contribution in [3.63, 3.8) is 0 Å². The van der Waals surface area contributed by atoms with Crippen molar-refractivity contribution in [3.05, 3.63) is 29.8 Å². The molecule has 0 bridgehead atoms. The minimum Gasteiger partial charge on any atom is -0.484 e. The summed E-state index contributed by atoms with van der Waals surface area (Å²) in [6.45, 7) is 5.54. The Morgan fingerprint density at radius 2 is 2.05 bits per heavy atom. The second kappa shape index (κ2) is 7.65. The van der Waals surface area contributed by atoms with Crippen molar-refractivity contribution in [1.82, 2.24) is 5.32 Å². The lowest BCUT2D eigenvalue weighted by Crippen LogP contribution is -2.45. The molecule has 3 N–H and O–H groups in total. The number of amides is 1. The molecule has 0 aliphatic heterocycles. The van der Waals surface area contributed by atoms with Crippen molar-refractivity contribution in [3.8, 4) is 5.75 Å². The molecule has 5 nitrogen and oxygen atoms in total. The highest BCUT2D eigenvalue weighted by molar-refractivity contribution is 5.88. The topological polar surface area (TPSA) is 81.4 Å². The van der Waals surface area contributed by atoms with Gasteiger partial charge in [0.05, 0.1) is 6.04 Å². The zero-order valence-corrected chi connectivity index (χ0v) is 12.2. The highest BCUT2D eigenvalue weighted by atomic mass is 16.5. The number of Topliss-reactive ketones (excluding diaryl/α,β-unsaturated/α-hetero) is 1. The molecule has 5 heteroatoms. The number of ketones is 1. The van der Waals surface area contributed by atoms with Crippen molar-refractivity contribution in [2.75, 3.05) is 6.61 Å². The molecule has 110 valence electrons. The SMILES string of the molecule is CC(=O)C(NC(=O)COc1cccc(CN)c1)C(C)C. The Bertz CT molecular complexity index is 472. The number of hydrogen-bond acceptors (Lipinski definition) is 4. The van der Waals surface area contributed by atoms with E-state index in [1.54, 1.807) is 12.1 Å². The van der Waals surface area contributed by atoms with Crippen molar-refractivity contribution >= 4 is 11.7 Å². The van der Waals surface area contributed by atoms with E-state index in [1.807, 2.05) is 26.0 Å². The highest BCUT2D eigenvalue weighted by Gasteiger charge is 2.20. The van der Waals surface area contributed by atoms with Gasteiger partial charge in [0.15, 0.2) is 12.4 Å². The number of ether oxygens (including phenoxy) is 1. The van der Waals surface area contributed by atoms with Crippen LogP contribution < -0.4 is 15.8 Å². The van der Waals surface area contributed by atoms with Crippen molar-refractivity contribution in [2.24, 2.45) is 11.7 Å². The monoisotopic (exact) mass is 278 g/mol. The van der Waals surface area contributed by atoms with Gasteiger partial charge in [-0.25, -0.2) is 0 Å². The molecule has 1 aromatic carbocycles. The van der Waals surface area contributed by atoms with E-state index in [1.165, 1.54) is 6.92 Å². The van der Waals surface area contributed by atoms with Gasteiger partial charge >= 0.3 is 0 Å². The normalized spacial score (nSPS) is 12.1. The van der Waals surface area contributed by atoms with Crippen LogP contribution in [0, 0.1) is 5.92 Å². The summed E-state index contributed by atoms with van der Waals surface area (Å²) in [5.41, 5.74) is 6.47. The molecule has 1 atom stereocenters. The summed E-state index contributed by atoms with van der Waals surface area (Å²) < 4.78 is 5.39. The van der Waals surface area contributed by atoms with Crippen LogP contribution in [0.1, 0.15) is 26.3 Å². The number of nitrogens with one attached hydrogen (secondary N) is 1. The van der Waals surface area contributed by atoms with E-state index in [9.17, 15) is 9.59 Å². The fourth-order valence-electron chi connectivity index (χ4n) is 1.86. The highest BCUT2D eigenvalue weighted by Crippen LogP contribution is 2.12. The van der Waals surface area contributed by atoms with Crippen LogP contribution in [0.3, 0.4) is 0 Å². The van der Waals surface area contributed by atoms with E-state index >= 15 is 0 Å². The lowest BCUT2D eigenvalue weighted by atomic mass is 10.0. The van der Waals surface area contributed by atoms with Gasteiger partial charge in [-0.3, -0.25) is 9.59 Å².